The van der Waals surface area contributed by atoms with Gasteiger partial charge in [-0.2, -0.15) is 0 Å². The molecule has 1 atom stereocenters. The molecule has 0 saturated carbocycles. The lowest BCUT2D eigenvalue weighted by Crippen LogP contribution is -2.34. The number of rotatable bonds is 5. The number of carbonyl (C=O) groups excluding carboxylic acids is 3. The van der Waals surface area contributed by atoms with Gasteiger partial charge in [-0.15, -0.1) is 0 Å². The Labute approximate surface area is 182 Å². The fourth-order valence-electron chi connectivity index (χ4n) is 4.11. The summed E-state index contributed by atoms with van der Waals surface area (Å²) in [6, 6.07) is 15.8. The first-order valence-electron chi connectivity index (χ1n) is 10.7. The van der Waals surface area contributed by atoms with Crippen LogP contribution in [0, 0.1) is 0 Å². The predicted molar refractivity (Wildman–Crippen MR) is 117 cm³/mol. The van der Waals surface area contributed by atoms with Crippen molar-refractivity contribution >= 4 is 23.6 Å². The van der Waals surface area contributed by atoms with Gasteiger partial charge in [-0.3, -0.25) is 14.5 Å². The Morgan fingerprint density at radius 2 is 1.81 bits per heavy atom. The van der Waals surface area contributed by atoms with Crippen LogP contribution < -0.4 is 10.2 Å². The van der Waals surface area contributed by atoms with Crippen molar-refractivity contribution in [3.8, 4) is 0 Å². The van der Waals surface area contributed by atoms with Gasteiger partial charge in [-0.1, -0.05) is 36.4 Å². The van der Waals surface area contributed by atoms with Crippen molar-refractivity contribution in [1.29, 1.82) is 0 Å². The van der Waals surface area contributed by atoms with Crippen LogP contribution in [0.2, 0.25) is 0 Å². The summed E-state index contributed by atoms with van der Waals surface area (Å²) >= 11 is 0. The summed E-state index contributed by atoms with van der Waals surface area (Å²) in [4.78, 5) is 39.7. The first-order valence-corrected chi connectivity index (χ1v) is 10.7. The van der Waals surface area contributed by atoms with Gasteiger partial charge >= 0.3 is 6.09 Å². The van der Waals surface area contributed by atoms with Gasteiger partial charge in [0.15, 0.2) is 0 Å². The molecular weight excluding hydrogens is 394 g/mol. The van der Waals surface area contributed by atoms with E-state index >= 15 is 0 Å². The Hall–Kier alpha value is -3.35. The zero-order valence-corrected chi connectivity index (χ0v) is 17.7. The average Bonchev–Trinajstić information content (AvgIpc) is 3.00. The van der Waals surface area contributed by atoms with Crippen molar-refractivity contribution < 1.29 is 19.1 Å². The predicted octanol–water partition coefficient (Wildman–Crippen LogP) is 2.32. The minimum atomic E-state index is -0.399. The molecule has 2 aliphatic rings. The lowest BCUT2D eigenvalue weighted by atomic mass is 10.0. The number of hydrogen-bond acceptors (Lipinski definition) is 4. The summed E-state index contributed by atoms with van der Waals surface area (Å²) in [6.45, 7) is 3.51. The number of nitrogens with one attached hydrogen (secondary N) is 1. The van der Waals surface area contributed by atoms with Gasteiger partial charge in [0.1, 0.15) is 6.10 Å². The van der Waals surface area contributed by atoms with Crippen LogP contribution in [0.15, 0.2) is 48.5 Å². The van der Waals surface area contributed by atoms with E-state index < -0.39 is 6.09 Å². The highest BCUT2D eigenvalue weighted by molar-refractivity contribution is 5.90. The molecule has 1 fully saturated rings. The Bertz CT molecular complexity index is 976. The molecular formula is C24H27N3O4. The Kier molecular flexibility index (Phi) is 6.21. The number of benzene rings is 2. The van der Waals surface area contributed by atoms with Crippen LogP contribution >= 0.6 is 0 Å². The van der Waals surface area contributed by atoms with E-state index in [4.69, 9.17) is 4.74 Å². The van der Waals surface area contributed by atoms with Crippen molar-refractivity contribution in [3.05, 3.63) is 65.2 Å². The second-order valence-electron chi connectivity index (χ2n) is 8.05. The van der Waals surface area contributed by atoms with Crippen molar-refractivity contribution in [2.75, 3.05) is 31.1 Å². The molecule has 0 bridgehead atoms. The van der Waals surface area contributed by atoms with Crippen LogP contribution in [0.5, 0.6) is 0 Å². The van der Waals surface area contributed by atoms with Gasteiger partial charge in [-0.05, 0) is 41.7 Å². The van der Waals surface area contributed by atoms with E-state index in [9.17, 15) is 14.4 Å². The fourth-order valence-corrected chi connectivity index (χ4v) is 4.11. The van der Waals surface area contributed by atoms with Gasteiger partial charge in [-0.25, -0.2) is 4.79 Å². The molecule has 4 rings (SSSR count). The van der Waals surface area contributed by atoms with Crippen molar-refractivity contribution in [2.24, 2.45) is 0 Å². The number of fused-ring (bicyclic) bond motifs is 1. The van der Waals surface area contributed by atoms with Gasteiger partial charge < -0.3 is 15.0 Å². The SMILES string of the molecule is CC(=O)NC[C@H]1CN(c2ccc3c(c2)CCN(C(=O)Cc2ccccc2)CC3)C(=O)O1. The van der Waals surface area contributed by atoms with Crippen LogP contribution in [0.25, 0.3) is 0 Å². The molecule has 0 spiro atoms. The number of carbonyl (C=O) groups is 3. The van der Waals surface area contributed by atoms with Gasteiger partial charge in [0, 0.05) is 25.7 Å². The molecule has 2 aromatic rings. The Morgan fingerprint density at radius 1 is 1.06 bits per heavy atom. The van der Waals surface area contributed by atoms with Crippen LogP contribution in [0.3, 0.4) is 0 Å². The van der Waals surface area contributed by atoms with Crippen molar-refractivity contribution in [1.82, 2.24) is 10.2 Å². The maximum atomic E-state index is 12.8. The molecule has 31 heavy (non-hydrogen) atoms. The lowest BCUT2D eigenvalue weighted by Gasteiger charge is -2.20. The monoisotopic (exact) mass is 421 g/mol. The summed E-state index contributed by atoms with van der Waals surface area (Å²) < 4.78 is 5.37. The highest BCUT2D eigenvalue weighted by Crippen LogP contribution is 2.26. The summed E-state index contributed by atoms with van der Waals surface area (Å²) in [5.41, 5.74) is 4.18. The number of nitrogens with zero attached hydrogens (tertiary/aromatic N) is 2. The molecule has 0 unspecified atom stereocenters. The largest absolute Gasteiger partial charge is 0.442 e. The third-order valence-corrected chi connectivity index (χ3v) is 5.81. The third kappa shape index (κ3) is 5.05. The molecule has 3 amide bonds. The molecule has 7 heteroatoms. The standard InChI is InChI=1S/C24H27N3O4/c1-17(28)25-15-22-16-27(24(30)31-22)21-8-7-19-9-11-26(12-10-20(19)14-21)23(29)13-18-5-3-2-4-6-18/h2-8,14,22H,9-13,15-16H2,1H3,(H,25,28)/t22-/m0/s1. The van der Waals surface area contributed by atoms with Crippen molar-refractivity contribution in [3.63, 3.8) is 0 Å². The fraction of sp³-hybridized carbons (Fsp3) is 0.375. The molecule has 2 aromatic carbocycles. The topological polar surface area (TPSA) is 79.0 Å². The maximum absolute atomic E-state index is 12.8. The normalized spacial score (nSPS) is 18.2. The molecule has 2 aliphatic heterocycles. The zero-order chi connectivity index (χ0) is 21.8. The lowest BCUT2D eigenvalue weighted by molar-refractivity contribution is -0.130. The third-order valence-electron chi connectivity index (χ3n) is 5.81. The minimum absolute atomic E-state index is 0.142. The van der Waals surface area contributed by atoms with Crippen LogP contribution in [0.1, 0.15) is 23.6 Å². The zero-order valence-electron chi connectivity index (χ0n) is 17.7. The van der Waals surface area contributed by atoms with E-state index in [1.165, 1.54) is 12.5 Å². The quantitative estimate of drug-likeness (QED) is 0.804. The molecule has 2 heterocycles. The molecule has 1 N–H and O–H groups in total. The van der Waals surface area contributed by atoms with Gasteiger partial charge in [0.2, 0.25) is 11.8 Å². The highest BCUT2D eigenvalue weighted by Gasteiger charge is 2.32. The first-order chi connectivity index (χ1) is 15.0. The van der Waals surface area contributed by atoms with E-state index in [0.29, 0.717) is 32.6 Å². The van der Waals surface area contributed by atoms with E-state index in [1.54, 1.807) is 4.90 Å². The number of hydrogen-bond donors (Lipinski definition) is 1. The Balaban J connectivity index is 1.40. The van der Waals surface area contributed by atoms with E-state index in [-0.39, 0.29) is 17.9 Å². The molecule has 1 saturated heterocycles. The Morgan fingerprint density at radius 3 is 2.55 bits per heavy atom. The average molecular weight is 421 g/mol. The second-order valence-corrected chi connectivity index (χ2v) is 8.05. The van der Waals surface area contributed by atoms with E-state index in [1.807, 2.05) is 53.4 Å². The summed E-state index contributed by atoms with van der Waals surface area (Å²) in [6.07, 6.45) is 1.20. The molecule has 7 nitrogen and oxygen atoms in total. The van der Waals surface area contributed by atoms with Gasteiger partial charge in [0.05, 0.1) is 19.5 Å². The summed E-state index contributed by atoms with van der Waals surface area (Å²) in [5.74, 6) is -0.00550. The highest BCUT2D eigenvalue weighted by atomic mass is 16.6. The number of ether oxygens (including phenoxy) is 1. The number of anilines is 1. The van der Waals surface area contributed by atoms with Crippen LogP contribution in [-0.4, -0.2) is 55.1 Å². The first kappa shape index (κ1) is 20.9. The summed E-state index contributed by atoms with van der Waals surface area (Å²) in [7, 11) is 0. The summed E-state index contributed by atoms with van der Waals surface area (Å²) in [5, 5.41) is 2.69. The smallest absolute Gasteiger partial charge is 0.414 e. The molecule has 0 radical (unpaired) electrons. The van der Waals surface area contributed by atoms with Crippen molar-refractivity contribution in [2.45, 2.75) is 32.3 Å². The molecule has 162 valence electrons. The van der Waals surface area contributed by atoms with E-state index in [0.717, 1.165) is 29.7 Å². The molecule has 0 aromatic heterocycles. The second kappa shape index (κ2) is 9.20. The van der Waals surface area contributed by atoms with Crippen LogP contribution in [-0.2, 0) is 33.6 Å². The number of cyclic esters (lactones) is 1. The maximum Gasteiger partial charge on any atom is 0.414 e. The minimum Gasteiger partial charge on any atom is -0.442 e. The van der Waals surface area contributed by atoms with Crippen LogP contribution in [0.4, 0.5) is 10.5 Å². The number of amides is 3. The molecule has 0 aliphatic carbocycles. The van der Waals surface area contributed by atoms with E-state index in [2.05, 4.69) is 5.32 Å². The van der Waals surface area contributed by atoms with Gasteiger partial charge in [0.25, 0.3) is 0 Å².